The zero-order chi connectivity index (χ0) is 23.7. The molecule has 30 heavy (non-hydrogen) atoms. The normalized spacial score (nSPS) is 12.7. The van der Waals surface area contributed by atoms with Crippen LogP contribution in [0.4, 0.5) is 17.6 Å². The maximum Gasteiger partial charge on any atom is 0.490 e. The minimum absolute atomic E-state index is 0.0601. The lowest BCUT2D eigenvalue weighted by Crippen LogP contribution is -2.47. The molecule has 1 aromatic carbocycles. The Labute approximate surface area is 170 Å². The van der Waals surface area contributed by atoms with Gasteiger partial charge in [0.2, 0.25) is 10.0 Å². The second-order valence-electron chi connectivity index (χ2n) is 5.98. The summed E-state index contributed by atoms with van der Waals surface area (Å²) in [4.78, 5) is 20.4. The van der Waals surface area contributed by atoms with Crippen LogP contribution in [0.25, 0.3) is 0 Å². The van der Waals surface area contributed by atoms with Gasteiger partial charge in [0.25, 0.3) is 5.91 Å². The number of nitrogens with two attached hydrogens (primary N) is 1. The lowest BCUT2D eigenvalue weighted by Gasteiger charge is -2.27. The second-order valence-corrected chi connectivity index (χ2v) is 7.87. The van der Waals surface area contributed by atoms with Crippen LogP contribution < -0.4 is 11.2 Å². The molecule has 0 bridgehead atoms. The summed E-state index contributed by atoms with van der Waals surface area (Å²) in [6, 6.07) is 2.31. The number of carbonyl (C=O) groups excluding carboxylic acids is 1. The van der Waals surface area contributed by atoms with Gasteiger partial charge in [0.05, 0.1) is 4.90 Å². The average molecular weight is 461 g/mol. The largest absolute Gasteiger partial charge is 0.490 e. The summed E-state index contributed by atoms with van der Waals surface area (Å²) in [7, 11) is -4.02. The van der Waals surface area contributed by atoms with E-state index in [1.807, 2.05) is 0 Å². The Hall–Kier alpha value is -2.29. The first kappa shape index (κ1) is 27.7. The molecule has 0 fully saturated rings. The third-order valence-electron chi connectivity index (χ3n) is 3.73. The second kappa shape index (κ2) is 11.8. The van der Waals surface area contributed by atoms with Gasteiger partial charge < -0.3 is 10.8 Å². The van der Waals surface area contributed by atoms with Crippen LogP contribution in [-0.2, 0) is 19.6 Å². The molecule has 14 heteroatoms. The molecule has 0 aliphatic carbocycles. The number of aryl methyl sites for hydroxylation is 1. The van der Waals surface area contributed by atoms with Crippen LogP contribution in [-0.4, -0.2) is 60.2 Å². The number of rotatable bonds is 8. The number of benzene rings is 1. The van der Waals surface area contributed by atoms with E-state index in [1.54, 1.807) is 0 Å². The van der Waals surface area contributed by atoms with E-state index in [-0.39, 0.29) is 17.0 Å². The highest BCUT2D eigenvalue weighted by atomic mass is 32.2. The third kappa shape index (κ3) is 8.22. The number of halogens is 4. The number of sulfonamides is 1. The van der Waals surface area contributed by atoms with Crippen LogP contribution in [0.1, 0.15) is 25.3 Å². The lowest BCUT2D eigenvalue weighted by molar-refractivity contribution is -0.192. The predicted molar refractivity (Wildman–Crippen MR) is 96.4 cm³/mol. The van der Waals surface area contributed by atoms with Gasteiger partial charge in [-0.1, -0.05) is 0 Å². The molecular formula is C16H23F4N3O6S. The monoisotopic (exact) mass is 461 g/mol. The number of nitrogens with zero attached hydrogens (tertiary/aromatic N) is 1. The van der Waals surface area contributed by atoms with Gasteiger partial charge in [0, 0.05) is 6.54 Å². The van der Waals surface area contributed by atoms with Crippen molar-refractivity contribution in [3.05, 3.63) is 29.6 Å². The maximum atomic E-state index is 13.4. The number of nitrogens with one attached hydrogen (secondary N) is 1. The molecule has 0 radical (unpaired) electrons. The van der Waals surface area contributed by atoms with Crippen LogP contribution in [0.5, 0.6) is 0 Å². The molecule has 5 N–H and O–H groups in total. The number of hydrogen-bond donors (Lipinski definition) is 4. The van der Waals surface area contributed by atoms with Gasteiger partial charge in [0.1, 0.15) is 11.9 Å². The van der Waals surface area contributed by atoms with Crippen molar-refractivity contribution in [1.29, 1.82) is 0 Å². The van der Waals surface area contributed by atoms with Crippen LogP contribution >= 0.6 is 0 Å². The first-order valence-electron chi connectivity index (χ1n) is 8.42. The van der Waals surface area contributed by atoms with Gasteiger partial charge in [-0.05, 0) is 57.0 Å². The molecule has 0 aliphatic heterocycles. The SMILES string of the molecule is Cc1cc(S(=O)(=O)N(CCCCN)[C@H](C)C(=O)NO)ccc1F.O=C(O)C(F)(F)F. The van der Waals surface area contributed by atoms with E-state index in [0.29, 0.717) is 19.4 Å². The Morgan fingerprint density at radius 1 is 1.27 bits per heavy atom. The highest BCUT2D eigenvalue weighted by Gasteiger charge is 2.38. The molecule has 0 saturated carbocycles. The highest BCUT2D eigenvalue weighted by Crippen LogP contribution is 2.21. The zero-order valence-electron chi connectivity index (χ0n) is 16.1. The molecular weight excluding hydrogens is 438 g/mol. The fraction of sp³-hybridized carbons (Fsp3) is 0.500. The van der Waals surface area contributed by atoms with Gasteiger partial charge in [-0.15, -0.1) is 0 Å². The summed E-state index contributed by atoms with van der Waals surface area (Å²) in [6.45, 7) is 3.27. The molecule has 1 atom stereocenters. The minimum atomic E-state index is -5.08. The fourth-order valence-electron chi connectivity index (χ4n) is 2.07. The molecule has 0 aliphatic rings. The van der Waals surface area contributed by atoms with Crippen LogP contribution in [0.15, 0.2) is 23.1 Å². The molecule has 1 rings (SSSR count). The number of amides is 1. The van der Waals surface area contributed by atoms with E-state index in [0.717, 1.165) is 16.4 Å². The molecule has 0 heterocycles. The number of hydrogen-bond acceptors (Lipinski definition) is 6. The van der Waals surface area contributed by atoms with E-state index >= 15 is 0 Å². The van der Waals surface area contributed by atoms with E-state index in [1.165, 1.54) is 25.4 Å². The Morgan fingerprint density at radius 3 is 2.20 bits per heavy atom. The number of hydroxylamine groups is 1. The van der Waals surface area contributed by atoms with Gasteiger partial charge in [-0.3, -0.25) is 10.0 Å². The molecule has 0 spiro atoms. The summed E-state index contributed by atoms with van der Waals surface area (Å²) < 4.78 is 71.6. The molecule has 0 saturated heterocycles. The number of carbonyl (C=O) groups is 2. The smallest absolute Gasteiger partial charge is 0.475 e. The molecule has 172 valence electrons. The average Bonchev–Trinajstić information content (AvgIpc) is 2.65. The Kier molecular flexibility index (Phi) is 10.9. The Morgan fingerprint density at radius 2 is 1.80 bits per heavy atom. The number of unbranched alkanes of at least 4 members (excludes halogenated alkanes) is 1. The van der Waals surface area contributed by atoms with Gasteiger partial charge in [-0.2, -0.15) is 17.5 Å². The quantitative estimate of drug-likeness (QED) is 0.198. The van der Waals surface area contributed by atoms with Crippen LogP contribution in [0.3, 0.4) is 0 Å². The van der Waals surface area contributed by atoms with Crippen molar-refractivity contribution < 1.29 is 45.9 Å². The number of carboxylic acids is 1. The highest BCUT2D eigenvalue weighted by molar-refractivity contribution is 7.89. The van der Waals surface area contributed by atoms with Crippen molar-refractivity contribution >= 4 is 21.9 Å². The number of alkyl halides is 3. The van der Waals surface area contributed by atoms with E-state index < -0.39 is 39.9 Å². The van der Waals surface area contributed by atoms with Crippen molar-refractivity contribution in [3.8, 4) is 0 Å². The van der Waals surface area contributed by atoms with Crippen LogP contribution in [0.2, 0.25) is 0 Å². The molecule has 1 aromatic rings. The summed E-state index contributed by atoms with van der Waals surface area (Å²) in [5.74, 6) is -4.12. The summed E-state index contributed by atoms with van der Waals surface area (Å²) in [6.07, 6.45) is -4.04. The third-order valence-corrected chi connectivity index (χ3v) is 5.70. The first-order valence-corrected chi connectivity index (χ1v) is 9.86. The van der Waals surface area contributed by atoms with Crippen molar-refractivity contribution in [2.75, 3.05) is 13.1 Å². The van der Waals surface area contributed by atoms with E-state index in [4.69, 9.17) is 20.8 Å². The Bertz CT molecular complexity index is 833. The molecule has 9 nitrogen and oxygen atoms in total. The van der Waals surface area contributed by atoms with Gasteiger partial charge >= 0.3 is 12.1 Å². The van der Waals surface area contributed by atoms with E-state index in [9.17, 15) is 30.8 Å². The molecule has 1 amide bonds. The predicted octanol–water partition coefficient (Wildman–Crippen LogP) is 1.39. The standard InChI is InChI=1S/C14H22FN3O4S.C2HF3O2/c1-10-9-12(5-6-13(10)15)23(21,22)18(8-4-3-7-16)11(2)14(19)17-20;3-2(4,5)1(6)7/h5-6,9,11,20H,3-4,7-8,16H2,1-2H3,(H,17,19);(H,6,7)/t11-;/m1./s1. The van der Waals surface area contributed by atoms with Gasteiger partial charge in [0.15, 0.2) is 0 Å². The van der Waals surface area contributed by atoms with Crippen molar-refractivity contribution in [3.63, 3.8) is 0 Å². The fourth-order valence-corrected chi connectivity index (χ4v) is 3.79. The van der Waals surface area contributed by atoms with Crippen molar-refractivity contribution in [2.45, 2.75) is 43.8 Å². The summed E-state index contributed by atoms with van der Waals surface area (Å²) in [5.41, 5.74) is 7.04. The van der Waals surface area contributed by atoms with Crippen molar-refractivity contribution in [2.24, 2.45) is 5.73 Å². The summed E-state index contributed by atoms with van der Waals surface area (Å²) >= 11 is 0. The molecule has 0 unspecified atom stereocenters. The number of carboxylic acid groups (broad SMARTS) is 1. The zero-order valence-corrected chi connectivity index (χ0v) is 16.9. The van der Waals surface area contributed by atoms with Crippen LogP contribution in [0, 0.1) is 12.7 Å². The maximum absolute atomic E-state index is 13.4. The lowest BCUT2D eigenvalue weighted by atomic mass is 10.2. The van der Waals surface area contributed by atoms with Gasteiger partial charge in [-0.25, -0.2) is 23.1 Å². The molecule has 0 aromatic heterocycles. The Balaban J connectivity index is 0.00000103. The topological polar surface area (TPSA) is 150 Å². The van der Waals surface area contributed by atoms with Crippen molar-refractivity contribution in [1.82, 2.24) is 9.79 Å². The number of aliphatic carboxylic acids is 1. The minimum Gasteiger partial charge on any atom is -0.475 e. The first-order chi connectivity index (χ1) is 13.7. The summed E-state index contributed by atoms with van der Waals surface area (Å²) in [5, 5.41) is 15.9. The van der Waals surface area contributed by atoms with E-state index in [2.05, 4.69) is 0 Å².